The molecule has 0 bridgehead atoms. The van der Waals surface area contributed by atoms with E-state index in [9.17, 15) is 0 Å². The molecule has 1 heterocycles. The smallest absolute Gasteiger partial charge is 0.123 e. The number of rotatable bonds is 3. The zero-order valence-electron chi connectivity index (χ0n) is 7.85. The molecule has 0 aliphatic rings. The maximum absolute atomic E-state index is 5.98. The molecule has 0 radical (unpaired) electrons. The molecule has 0 saturated carbocycles. The van der Waals surface area contributed by atoms with Crippen LogP contribution in [-0.2, 0) is 6.42 Å². The van der Waals surface area contributed by atoms with Gasteiger partial charge in [0, 0.05) is 12.4 Å². The van der Waals surface area contributed by atoms with Gasteiger partial charge < -0.3 is 10.7 Å². The molecule has 0 aliphatic carbocycles. The third-order valence-electron chi connectivity index (χ3n) is 2.17. The Morgan fingerprint density at radius 2 is 2.07 bits per heavy atom. The number of nitrogens with two attached hydrogens (primary N) is 1. The maximum atomic E-state index is 5.98. The van der Waals surface area contributed by atoms with Crippen LogP contribution < -0.4 is 5.73 Å². The van der Waals surface area contributed by atoms with E-state index in [1.54, 1.807) is 12.4 Å². The van der Waals surface area contributed by atoms with Crippen molar-refractivity contribution in [3.05, 3.63) is 54.1 Å². The van der Waals surface area contributed by atoms with Gasteiger partial charge in [-0.15, -0.1) is 0 Å². The van der Waals surface area contributed by atoms with Crippen LogP contribution in [0, 0.1) is 0 Å². The Bertz CT molecular complexity index is 367. The van der Waals surface area contributed by atoms with Gasteiger partial charge in [0.2, 0.25) is 0 Å². The highest BCUT2D eigenvalue weighted by Crippen LogP contribution is 2.11. The lowest BCUT2D eigenvalue weighted by Gasteiger charge is -2.08. The van der Waals surface area contributed by atoms with E-state index in [0.29, 0.717) is 0 Å². The number of hydrogen-bond acceptors (Lipinski definition) is 2. The summed E-state index contributed by atoms with van der Waals surface area (Å²) >= 11 is 0. The summed E-state index contributed by atoms with van der Waals surface area (Å²) in [5.74, 6) is 0.842. The highest BCUT2D eigenvalue weighted by molar-refractivity contribution is 5.17. The van der Waals surface area contributed by atoms with Gasteiger partial charge in [-0.05, 0) is 12.0 Å². The summed E-state index contributed by atoms with van der Waals surface area (Å²) < 4.78 is 0. The van der Waals surface area contributed by atoms with E-state index in [0.717, 1.165) is 12.2 Å². The molecule has 3 heteroatoms. The van der Waals surface area contributed by atoms with Crippen LogP contribution in [0.2, 0.25) is 0 Å². The fraction of sp³-hybridized carbons (Fsp3) is 0.182. The van der Waals surface area contributed by atoms with Gasteiger partial charge in [-0.1, -0.05) is 30.3 Å². The van der Waals surface area contributed by atoms with Crippen LogP contribution >= 0.6 is 0 Å². The van der Waals surface area contributed by atoms with E-state index in [1.165, 1.54) is 5.56 Å². The van der Waals surface area contributed by atoms with Crippen LogP contribution in [0.5, 0.6) is 0 Å². The predicted molar refractivity (Wildman–Crippen MR) is 55.7 cm³/mol. The molecule has 2 aromatic rings. The van der Waals surface area contributed by atoms with E-state index >= 15 is 0 Å². The number of aromatic nitrogens is 2. The number of aromatic amines is 1. The summed E-state index contributed by atoms with van der Waals surface area (Å²) in [7, 11) is 0. The van der Waals surface area contributed by atoms with Gasteiger partial charge in [-0.2, -0.15) is 0 Å². The number of H-pyrrole nitrogens is 1. The highest BCUT2D eigenvalue weighted by Gasteiger charge is 2.08. The van der Waals surface area contributed by atoms with Gasteiger partial charge in [-0.25, -0.2) is 4.98 Å². The summed E-state index contributed by atoms with van der Waals surface area (Å²) in [6.07, 6.45) is 4.33. The zero-order valence-corrected chi connectivity index (χ0v) is 7.85. The van der Waals surface area contributed by atoms with Crippen molar-refractivity contribution in [2.24, 2.45) is 5.73 Å². The molecule has 14 heavy (non-hydrogen) atoms. The van der Waals surface area contributed by atoms with Crippen molar-refractivity contribution >= 4 is 0 Å². The van der Waals surface area contributed by atoms with Crippen molar-refractivity contribution in [1.82, 2.24) is 9.97 Å². The second-order valence-electron chi connectivity index (χ2n) is 3.27. The summed E-state index contributed by atoms with van der Waals surface area (Å²) in [6.45, 7) is 0. The average molecular weight is 187 g/mol. The quantitative estimate of drug-likeness (QED) is 0.767. The lowest BCUT2D eigenvalue weighted by molar-refractivity contribution is 0.677. The molecule has 2 rings (SSSR count). The van der Waals surface area contributed by atoms with Crippen LogP contribution in [0.25, 0.3) is 0 Å². The lowest BCUT2D eigenvalue weighted by atomic mass is 10.1. The van der Waals surface area contributed by atoms with Gasteiger partial charge >= 0.3 is 0 Å². The Labute approximate surface area is 83.0 Å². The van der Waals surface area contributed by atoms with Crippen LogP contribution in [0.15, 0.2) is 42.7 Å². The molecule has 3 N–H and O–H groups in total. The number of nitrogens with zero attached hydrogens (tertiary/aromatic N) is 1. The summed E-state index contributed by atoms with van der Waals surface area (Å²) in [4.78, 5) is 7.15. The van der Waals surface area contributed by atoms with E-state index in [-0.39, 0.29) is 6.04 Å². The minimum atomic E-state index is -0.0487. The first-order valence-corrected chi connectivity index (χ1v) is 4.65. The van der Waals surface area contributed by atoms with Gasteiger partial charge in [0.05, 0.1) is 6.04 Å². The minimum Gasteiger partial charge on any atom is -0.347 e. The van der Waals surface area contributed by atoms with Gasteiger partial charge in [0.1, 0.15) is 5.82 Å². The first-order chi connectivity index (χ1) is 6.86. The number of benzene rings is 1. The minimum absolute atomic E-state index is 0.0487. The Kier molecular flexibility index (Phi) is 2.60. The molecule has 0 amide bonds. The molecule has 0 aliphatic heterocycles. The predicted octanol–water partition coefficient (Wildman–Crippen LogP) is 1.65. The van der Waals surface area contributed by atoms with Crippen molar-refractivity contribution in [3.8, 4) is 0 Å². The number of hydrogen-bond donors (Lipinski definition) is 2. The highest BCUT2D eigenvalue weighted by atomic mass is 14.9. The molecule has 0 unspecified atom stereocenters. The Hall–Kier alpha value is -1.61. The second-order valence-corrected chi connectivity index (χ2v) is 3.27. The third kappa shape index (κ3) is 2.00. The summed E-state index contributed by atoms with van der Waals surface area (Å²) in [5.41, 5.74) is 7.21. The second kappa shape index (κ2) is 4.07. The Morgan fingerprint density at radius 3 is 2.71 bits per heavy atom. The molecular weight excluding hydrogens is 174 g/mol. The largest absolute Gasteiger partial charge is 0.347 e. The van der Waals surface area contributed by atoms with Crippen molar-refractivity contribution < 1.29 is 0 Å². The standard InChI is InChI=1S/C11H13N3/c12-10(11-13-6-7-14-11)8-9-4-2-1-3-5-9/h1-7,10H,8,12H2,(H,13,14)/t10-/m0/s1. The molecule has 0 fully saturated rings. The lowest BCUT2D eigenvalue weighted by Crippen LogP contribution is -2.14. The first-order valence-electron chi connectivity index (χ1n) is 4.65. The van der Waals surface area contributed by atoms with Gasteiger partial charge in [0.15, 0.2) is 0 Å². The third-order valence-corrected chi connectivity index (χ3v) is 2.17. The fourth-order valence-electron chi connectivity index (χ4n) is 1.44. The van der Waals surface area contributed by atoms with Crippen LogP contribution in [0.4, 0.5) is 0 Å². The molecule has 0 saturated heterocycles. The Morgan fingerprint density at radius 1 is 1.29 bits per heavy atom. The monoisotopic (exact) mass is 187 g/mol. The van der Waals surface area contributed by atoms with E-state index in [4.69, 9.17) is 5.73 Å². The van der Waals surface area contributed by atoms with Crippen molar-refractivity contribution in [2.45, 2.75) is 12.5 Å². The van der Waals surface area contributed by atoms with Gasteiger partial charge in [0.25, 0.3) is 0 Å². The van der Waals surface area contributed by atoms with Crippen LogP contribution in [-0.4, -0.2) is 9.97 Å². The number of nitrogens with one attached hydrogen (secondary N) is 1. The summed E-state index contributed by atoms with van der Waals surface area (Å²) in [5, 5.41) is 0. The number of imidazole rings is 1. The first kappa shape index (κ1) is 8.97. The SMILES string of the molecule is N[C@@H](Cc1ccccc1)c1ncc[nH]1. The van der Waals surface area contributed by atoms with E-state index in [1.807, 2.05) is 18.2 Å². The average Bonchev–Trinajstić information content (AvgIpc) is 2.72. The normalized spacial score (nSPS) is 12.6. The topological polar surface area (TPSA) is 54.7 Å². The van der Waals surface area contributed by atoms with Crippen LogP contribution in [0.3, 0.4) is 0 Å². The van der Waals surface area contributed by atoms with Crippen molar-refractivity contribution in [2.75, 3.05) is 0 Å². The molecular formula is C11H13N3. The Balaban J connectivity index is 2.06. The molecule has 1 aromatic carbocycles. The maximum Gasteiger partial charge on any atom is 0.123 e. The van der Waals surface area contributed by atoms with Crippen molar-refractivity contribution in [1.29, 1.82) is 0 Å². The van der Waals surface area contributed by atoms with E-state index < -0.39 is 0 Å². The zero-order chi connectivity index (χ0) is 9.80. The molecule has 1 aromatic heterocycles. The summed E-state index contributed by atoms with van der Waals surface area (Å²) in [6, 6.07) is 10.1. The fourth-order valence-corrected chi connectivity index (χ4v) is 1.44. The molecule has 72 valence electrons. The molecule has 1 atom stereocenters. The van der Waals surface area contributed by atoms with Crippen LogP contribution in [0.1, 0.15) is 17.4 Å². The van der Waals surface area contributed by atoms with E-state index in [2.05, 4.69) is 22.1 Å². The molecule has 0 spiro atoms. The van der Waals surface area contributed by atoms with Gasteiger partial charge in [-0.3, -0.25) is 0 Å². The van der Waals surface area contributed by atoms with Crippen molar-refractivity contribution in [3.63, 3.8) is 0 Å². The molecule has 3 nitrogen and oxygen atoms in total.